The van der Waals surface area contributed by atoms with E-state index in [0.29, 0.717) is 22.2 Å². The van der Waals surface area contributed by atoms with Gasteiger partial charge in [-0.2, -0.15) is 0 Å². The van der Waals surface area contributed by atoms with Gasteiger partial charge in [-0.15, -0.1) is 11.3 Å². The van der Waals surface area contributed by atoms with Gasteiger partial charge < -0.3 is 20.7 Å². The summed E-state index contributed by atoms with van der Waals surface area (Å²) < 4.78 is 5.02. The quantitative estimate of drug-likeness (QED) is 0.592. The molecule has 7 nitrogen and oxygen atoms in total. The number of carbonyl (C=O) groups excluding carboxylic acids is 3. The number of nitrogens with one attached hydrogen (secondary N) is 3. The number of para-hydroxylation sites is 2. The minimum absolute atomic E-state index is 0.0477. The molecule has 3 N–H and O–H groups in total. The van der Waals surface area contributed by atoms with Gasteiger partial charge in [-0.05, 0) is 48.3 Å². The predicted octanol–water partition coefficient (Wildman–Crippen LogP) is 4.45. The molecule has 1 aromatic heterocycles. The van der Waals surface area contributed by atoms with E-state index in [9.17, 15) is 14.4 Å². The topological polar surface area (TPSA) is 96.5 Å². The number of ether oxygens (including phenoxy) is 1. The number of rotatable bonds is 4. The molecule has 2 atom stereocenters. The Morgan fingerprint density at radius 3 is 2.62 bits per heavy atom. The average Bonchev–Trinajstić information content (AvgIpc) is 3.09. The Morgan fingerprint density at radius 1 is 1.22 bits per heavy atom. The number of hydrogen-bond donors (Lipinski definition) is 3. The van der Waals surface area contributed by atoms with E-state index in [0.717, 1.165) is 35.4 Å². The second-order valence-corrected chi connectivity index (χ2v) is 10.6. The molecule has 32 heavy (non-hydrogen) atoms. The first kappa shape index (κ1) is 22.3. The molecule has 1 aliphatic heterocycles. The highest BCUT2D eigenvalue weighted by molar-refractivity contribution is 7.17. The maximum Gasteiger partial charge on any atom is 0.341 e. The number of benzene rings is 1. The van der Waals surface area contributed by atoms with E-state index in [2.05, 4.69) is 36.7 Å². The Balaban J connectivity index is 1.53. The summed E-state index contributed by atoms with van der Waals surface area (Å²) in [5, 5.41) is 9.35. The zero-order chi connectivity index (χ0) is 23.0. The molecule has 0 saturated heterocycles. The van der Waals surface area contributed by atoms with E-state index >= 15 is 0 Å². The van der Waals surface area contributed by atoms with Gasteiger partial charge in [0.25, 0.3) is 0 Å². The van der Waals surface area contributed by atoms with Crippen LogP contribution in [0.4, 0.5) is 16.4 Å². The smallest absolute Gasteiger partial charge is 0.341 e. The molecule has 2 amide bonds. The van der Waals surface area contributed by atoms with Crippen molar-refractivity contribution in [2.75, 3.05) is 23.1 Å². The molecule has 0 bridgehead atoms. The molecular weight excluding hydrogens is 426 g/mol. The zero-order valence-electron chi connectivity index (χ0n) is 18.8. The number of fused-ring (bicyclic) bond motifs is 2. The molecule has 1 aliphatic carbocycles. The lowest BCUT2D eigenvalue weighted by Gasteiger charge is -2.33. The van der Waals surface area contributed by atoms with Gasteiger partial charge in [0.15, 0.2) is 0 Å². The Labute approximate surface area is 191 Å². The van der Waals surface area contributed by atoms with Gasteiger partial charge in [0, 0.05) is 4.88 Å². The summed E-state index contributed by atoms with van der Waals surface area (Å²) in [4.78, 5) is 39.0. The van der Waals surface area contributed by atoms with E-state index < -0.39 is 12.0 Å². The van der Waals surface area contributed by atoms with Crippen LogP contribution in [0.25, 0.3) is 0 Å². The average molecular weight is 456 g/mol. The molecule has 1 aromatic carbocycles. The second kappa shape index (κ2) is 8.58. The second-order valence-electron chi connectivity index (χ2n) is 9.49. The third-order valence-corrected chi connectivity index (χ3v) is 7.52. The maximum atomic E-state index is 12.9. The van der Waals surface area contributed by atoms with Crippen LogP contribution in [0, 0.1) is 11.3 Å². The van der Waals surface area contributed by atoms with Gasteiger partial charge in [0.2, 0.25) is 11.8 Å². The number of carbonyl (C=O) groups is 3. The first-order valence-corrected chi connectivity index (χ1v) is 11.7. The van der Waals surface area contributed by atoms with Crippen LogP contribution in [0.5, 0.6) is 0 Å². The molecule has 2 unspecified atom stereocenters. The minimum atomic E-state index is -0.689. The Morgan fingerprint density at radius 2 is 1.94 bits per heavy atom. The zero-order valence-corrected chi connectivity index (χ0v) is 19.7. The number of thiophene rings is 1. The lowest BCUT2D eigenvalue weighted by Crippen LogP contribution is -2.41. The van der Waals surface area contributed by atoms with Crippen LogP contribution in [0.2, 0.25) is 0 Å². The highest BCUT2D eigenvalue weighted by Gasteiger charge is 2.35. The summed E-state index contributed by atoms with van der Waals surface area (Å²) in [5.74, 6) is -0.508. The summed E-state index contributed by atoms with van der Waals surface area (Å²) in [6, 6.07) is 6.68. The third-order valence-electron chi connectivity index (χ3n) is 6.35. The van der Waals surface area contributed by atoms with Gasteiger partial charge in [0.1, 0.15) is 11.0 Å². The number of hydrogen-bond acceptors (Lipinski definition) is 6. The van der Waals surface area contributed by atoms with Crippen LogP contribution in [0.15, 0.2) is 24.3 Å². The third kappa shape index (κ3) is 4.37. The highest BCUT2D eigenvalue weighted by atomic mass is 32.1. The number of esters is 1. The Hall–Kier alpha value is -2.87. The van der Waals surface area contributed by atoms with Gasteiger partial charge in [-0.3, -0.25) is 9.59 Å². The van der Waals surface area contributed by atoms with Crippen molar-refractivity contribution < 1.29 is 19.1 Å². The standard InChI is InChI=1S/C24H29N3O4S/c1-24(2,3)13-9-10-14-18(11-13)32-22(20(14)23(30)31-4)27-19(28)12-17-21(29)26-16-8-6-5-7-15(16)25-17/h5-8,13,17,25H,9-12H2,1-4H3,(H,26,29)(H,27,28). The van der Waals surface area contributed by atoms with Crippen LogP contribution in [-0.2, 0) is 27.2 Å². The maximum absolute atomic E-state index is 12.9. The summed E-state index contributed by atoms with van der Waals surface area (Å²) in [5.41, 5.74) is 3.09. The lowest BCUT2D eigenvalue weighted by molar-refractivity contribution is -0.122. The molecular formula is C24H29N3O4S. The number of methoxy groups -OCH3 is 1. The molecule has 2 heterocycles. The van der Waals surface area contributed by atoms with Crippen LogP contribution >= 0.6 is 11.3 Å². The fourth-order valence-corrected chi connectivity index (χ4v) is 5.76. The van der Waals surface area contributed by atoms with Crippen molar-refractivity contribution in [3.63, 3.8) is 0 Å². The number of anilines is 3. The van der Waals surface area contributed by atoms with Crippen molar-refractivity contribution in [3.05, 3.63) is 40.3 Å². The largest absolute Gasteiger partial charge is 0.465 e. The normalized spacial score (nSPS) is 19.8. The molecule has 170 valence electrons. The highest BCUT2D eigenvalue weighted by Crippen LogP contribution is 2.44. The first-order valence-electron chi connectivity index (χ1n) is 10.9. The fraction of sp³-hybridized carbons (Fsp3) is 0.458. The van der Waals surface area contributed by atoms with E-state index in [4.69, 9.17) is 4.74 Å². The lowest BCUT2D eigenvalue weighted by atomic mass is 9.72. The van der Waals surface area contributed by atoms with Crippen molar-refractivity contribution in [1.82, 2.24) is 0 Å². The Kier molecular flexibility index (Phi) is 5.99. The number of amides is 2. The van der Waals surface area contributed by atoms with Crippen molar-refractivity contribution in [1.29, 1.82) is 0 Å². The molecule has 0 fully saturated rings. The Bertz CT molecular complexity index is 1070. The van der Waals surface area contributed by atoms with Crippen molar-refractivity contribution >= 4 is 45.5 Å². The predicted molar refractivity (Wildman–Crippen MR) is 126 cm³/mol. The molecule has 8 heteroatoms. The van der Waals surface area contributed by atoms with Crippen molar-refractivity contribution in [2.24, 2.45) is 11.3 Å². The van der Waals surface area contributed by atoms with E-state index in [1.807, 2.05) is 18.2 Å². The van der Waals surface area contributed by atoms with Crippen molar-refractivity contribution in [2.45, 2.75) is 52.5 Å². The van der Waals surface area contributed by atoms with Crippen molar-refractivity contribution in [3.8, 4) is 0 Å². The van der Waals surface area contributed by atoms with Gasteiger partial charge in [-0.25, -0.2) is 4.79 Å². The van der Waals surface area contributed by atoms with E-state index in [-0.39, 0.29) is 23.7 Å². The van der Waals surface area contributed by atoms with Gasteiger partial charge >= 0.3 is 5.97 Å². The van der Waals surface area contributed by atoms with Crippen LogP contribution in [0.3, 0.4) is 0 Å². The van der Waals surface area contributed by atoms with Crippen LogP contribution in [0.1, 0.15) is 54.4 Å². The van der Waals surface area contributed by atoms with Crippen LogP contribution < -0.4 is 16.0 Å². The van der Waals surface area contributed by atoms with Crippen LogP contribution in [-0.4, -0.2) is 30.9 Å². The van der Waals surface area contributed by atoms with Gasteiger partial charge in [0.05, 0.1) is 30.5 Å². The summed E-state index contributed by atoms with van der Waals surface area (Å²) in [6.45, 7) is 6.71. The molecule has 2 aliphatic rings. The molecule has 0 saturated carbocycles. The summed E-state index contributed by atoms with van der Waals surface area (Å²) in [7, 11) is 1.35. The molecule has 4 rings (SSSR count). The van der Waals surface area contributed by atoms with E-state index in [1.165, 1.54) is 18.4 Å². The monoisotopic (exact) mass is 455 g/mol. The fourth-order valence-electron chi connectivity index (χ4n) is 4.43. The van der Waals surface area contributed by atoms with E-state index in [1.54, 1.807) is 6.07 Å². The van der Waals surface area contributed by atoms with Gasteiger partial charge in [-0.1, -0.05) is 32.9 Å². The minimum Gasteiger partial charge on any atom is -0.465 e. The molecule has 0 spiro atoms. The summed E-state index contributed by atoms with van der Waals surface area (Å²) >= 11 is 1.45. The first-order chi connectivity index (χ1) is 15.2. The molecule has 0 radical (unpaired) electrons. The summed E-state index contributed by atoms with van der Waals surface area (Å²) in [6.07, 6.45) is 2.62. The SMILES string of the molecule is COC(=O)c1c(NC(=O)CC2Nc3ccccc3NC2=O)sc2c1CCC(C(C)(C)C)C2. The molecule has 2 aromatic rings.